The van der Waals surface area contributed by atoms with Gasteiger partial charge in [-0.25, -0.2) is 0 Å². The molecule has 1 heterocycles. The van der Waals surface area contributed by atoms with E-state index >= 15 is 0 Å². The van der Waals surface area contributed by atoms with Crippen LogP contribution in [0.4, 0.5) is 5.69 Å². The number of hydrogen-bond acceptors (Lipinski definition) is 3. The third kappa shape index (κ3) is 1.98. The van der Waals surface area contributed by atoms with Crippen LogP contribution in [0, 0.1) is 0 Å². The van der Waals surface area contributed by atoms with Crippen LogP contribution >= 0.6 is 0 Å². The Kier molecular flexibility index (Phi) is 2.45. The number of aromatic nitrogens is 1. The van der Waals surface area contributed by atoms with Crippen molar-refractivity contribution in [3.05, 3.63) is 24.5 Å². The molecule has 3 nitrogen and oxygen atoms in total. The fourth-order valence-corrected chi connectivity index (χ4v) is 1.56. The second-order valence-electron chi connectivity index (χ2n) is 3.41. The summed E-state index contributed by atoms with van der Waals surface area (Å²) in [6.45, 7) is 0. The summed E-state index contributed by atoms with van der Waals surface area (Å²) in [7, 11) is 1.77. The molecule has 1 fully saturated rings. The Labute approximate surface area is 78.1 Å². The summed E-state index contributed by atoms with van der Waals surface area (Å²) in [5.74, 6) is 0. The van der Waals surface area contributed by atoms with Crippen LogP contribution in [0.25, 0.3) is 0 Å². The molecule has 0 atom stereocenters. The first-order chi connectivity index (χ1) is 6.38. The molecule has 0 aliphatic heterocycles. The van der Waals surface area contributed by atoms with E-state index in [2.05, 4.69) is 10.3 Å². The Hall–Kier alpha value is -1.09. The van der Waals surface area contributed by atoms with E-state index in [1.807, 2.05) is 12.1 Å². The minimum Gasteiger partial charge on any atom is -0.382 e. The summed E-state index contributed by atoms with van der Waals surface area (Å²) >= 11 is 0. The van der Waals surface area contributed by atoms with E-state index in [0.29, 0.717) is 12.1 Å². The fourth-order valence-electron chi connectivity index (χ4n) is 1.56. The van der Waals surface area contributed by atoms with Gasteiger partial charge in [0.2, 0.25) is 0 Å². The van der Waals surface area contributed by atoms with E-state index < -0.39 is 0 Å². The molecule has 0 radical (unpaired) electrons. The molecule has 0 aromatic carbocycles. The molecule has 0 bridgehead atoms. The van der Waals surface area contributed by atoms with E-state index in [1.165, 1.54) is 0 Å². The van der Waals surface area contributed by atoms with Crippen molar-refractivity contribution in [3.63, 3.8) is 0 Å². The maximum absolute atomic E-state index is 5.20. The summed E-state index contributed by atoms with van der Waals surface area (Å²) in [6.07, 6.45) is 6.28. The van der Waals surface area contributed by atoms with Gasteiger partial charge in [0.25, 0.3) is 0 Å². The Morgan fingerprint density at radius 3 is 2.69 bits per heavy atom. The van der Waals surface area contributed by atoms with E-state index in [0.717, 1.165) is 18.5 Å². The highest BCUT2D eigenvalue weighted by atomic mass is 16.5. The molecule has 13 heavy (non-hydrogen) atoms. The number of nitrogens with one attached hydrogen (secondary N) is 1. The number of rotatable bonds is 3. The summed E-state index contributed by atoms with van der Waals surface area (Å²) in [5, 5.41) is 3.42. The van der Waals surface area contributed by atoms with Crippen molar-refractivity contribution in [2.24, 2.45) is 0 Å². The molecular weight excluding hydrogens is 164 g/mol. The molecule has 70 valence electrons. The van der Waals surface area contributed by atoms with Gasteiger partial charge in [-0.1, -0.05) is 0 Å². The first kappa shape index (κ1) is 8.51. The van der Waals surface area contributed by atoms with Gasteiger partial charge in [0.1, 0.15) is 0 Å². The average molecular weight is 178 g/mol. The first-order valence-corrected chi connectivity index (χ1v) is 4.58. The van der Waals surface area contributed by atoms with Crippen LogP contribution < -0.4 is 5.32 Å². The summed E-state index contributed by atoms with van der Waals surface area (Å²) < 4.78 is 5.20. The maximum atomic E-state index is 5.20. The van der Waals surface area contributed by atoms with Gasteiger partial charge in [0.05, 0.1) is 6.10 Å². The third-order valence-corrected chi connectivity index (χ3v) is 2.48. The van der Waals surface area contributed by atoms with Crippen molar-refractivity contribution < 1.29 is 4.74 Å². The van der Waals surface area contributed by atoms with Crippen LogP contribution in [0.1, 0.15) is 12.8 Å². The lowest BCUT2D eigenvalue weighted by Crippen LogP contribution is -2.40. The monoisotopic (exact) mass is 178 g/mol. The van der Waals surface area contributed by atoms with E-state index in [9.17, 15) is 0 Å². The molecule has 0 unspecified atom stereocenters. The Balaban J connectivity index is 1.81. The Morgan fingerprint density at radius 2 is 2.08 bits per heavy atom. The highest BCUT2D eigenvalue weighted by Crippen LogP contribution is 2.25. The van der Waals surface area contributed by atoms with Gasteiger partial charge in [-0.15, -0.1) is 0 Å². The van der Waals surface area contributed by atoms with Crippen LogP contribution in [0.2, 0.25) is 0 Å². The molecule has 1 N–H and O–H groups in total. The molecule has 1 aliphatic carbocycles. The highest BCUT2D eigenvalue weighted by Gasteiger charge is 2.28. The molecule has 1 aliphatic rings. The largest absolute Gasteiger partial charge is 0.382 e. The number of pyridine rings is 1. The van der Waals surface area contributed by atoms with E-state index in [-0.39, 0.29) is 0 Å². The maximum Gasteiger partial charge on any atom is 0.0610 e. The van der Waals surface area contributed by atoms with Crippen molar-refractivity contribution in [3.8, 4) is 0 Å². The van der Waals surface area contributed by atoms with Gasteiger partial charge >= 0.3 is 0 Å². The molecule has 1 aromatic rings. The van der Waals surface area contributed by atoms with Crippen LogP contribution in [-0.4, -0.2) is 24.2 Å². The highest BCUT2D eigenvalue weighted by molar-refractivity contribution is 5.42. The van der Waals surface area contributed by atoms with Crippen molar-refractivity contribution in [2.75, 3.05) is 12.4 Å². The number of nitrogens with zero attached hydrogens (tertiary/aromatic N) is 1. The number of methoxy groups -OCH3 is 1. The third-order valence-electron chi connectivity index (χ3n) is 2.48. The molecule has 1 aromatic heterocycles. The number of ether oxygens (including phenoxy) is 1. The second kappa shape index (κ2) is 3.75. The molecule has 3 heteroatoms. The van der Waals surface area contributed by atoms with Crippen LogP contribution in [0.5, 0.6) is 0 Å². The van der Waals surface area contributed by atoms with Gasteiger partial charge in [-0.2, -0.15) is 0 Å². The summed E-state index contributed by atoms with van der Waals surface area (Å²) in [6, 6.07) is 4.55. The molecule has 0 amide bonds. The summed E-state index contributed by atoms with van der Waals surface area (Å²) in [5.41, 5.74) is 1.15. The predicted octanol–water partition coefficient (Wildman–Crippen LogP) is 1.67. The van der Waals surface area contributed by atoms with Crippen molar-refractivity contribution >= 4 is 5.69 Å². The Morgan fingerprint density at radius 1 is 1.38 bits per heavy atom. The summed E-state index contributed by atoms with van der Waals surface area (Å²) in [4.78, 5) is 3.96. The van der Waals surface area contributed by atoms with Crippen LogP contribution in [-0.2, 0) is 4.74 Å². The van der Waals surface area contributed by atoms with E-state index in [1.54, 1.807) is 19.5 Å². The predicted molar refractivity (Wildman–Crippen MR) is 51.7 cm³/mol. The van der Waals surface area contributed by atoms with E-state index in [4.69, 9.17) is 4.74 Å². The van der Waals surface area contributed by atoms with Crippen molar-refractivity contribution in [1.82, 2.24) is 4.98 Å². The zero-order chi connectivity index (χ0) is 9.10. The zero-order valence-electron chi connectivity index (χ0n) is 7.73. The molecule has 0 spiro atoms. The standard InChI is InChI=1S/C10H14N2O/c1-13-10-6-9(7-10)12-8-2-4-11-5-3-8/h2-5,9-10H,6-7H2,1H3,(H,11,12). The SMILES string of the molecule is COC1CC(Nc2ccncc2)C1. The second-order valence-corrected chi connectivity index (χ2v) is 3.41. The zero-order valence-corrected chi connectivity index (χ0v) is 7.73. The topological polar surface area (TPSA) is 34.1 Å². The van der Waals surface area contributed by atoms with Gasteiger partial charge in [0, 0.05) is 31.2 Å². The number of hydrogen-bond donors (Lipinski definition) is 1. The minimum atomic E-state index is 0.458. The average Bonchev–Trinajstić information content (AvgIpc) is 2.12. The Bertz CT molecular complexity index is 257. The van der Waals surface area contributed by atoms with Crippen molar-refractivity contribution in [2.45, 2.75) is 25.0 Å². The van der Waals surface area contributed by atoms with Gasteiger partial charge < -0.3 is 10.1 Å². The quantitative estimate of drug-likeness (QED) is 0.764. The lowest BCUT2D eigenvalue weighted by molar-refractivity contribution is 0.0329. The first-order valence-electron chi connectivity index (χ1n) is 4.58. The minimum absolute atomic E-state index is 0.458. The fraction of sp³-hybridized carbons (Fsp3) is 0.500. The molecule has 1 saturated carbocycles. The smallest absolute Gasteiger partial charge is 0.0610 e. The van der Waals surface area contributed by atoms with Gasteiger partial charge in [0.15, 0.2) is 0 Å². The lowest BCUT2D eigenvalue weighted by Gasteiger charge is -2.35. The van der Waals surface area contributed by atoms with Crippen LogP contribution in [0.3, 0.4) is 0 Å². The van der Waals surface area contributed by atoms with Crippen molar-refractivity contribution in [1.29, 1.82) is 0 Å². The molecule has 0 saturated heterocycles. The van der Waals surface area contributed by atoms with Gasteiger partial charge in [-0.05, 0) is 25.0 Å². The molecular formula is C10H14N2O. The molecule has 2 rings (SSSR count). The normalized spacial score (nSPS) is 26.5. The van der Waals surface area contributed by atoms with Crippen LogP contribution in [0.15, 0.2) is 24.5 Å². The van der Waals surface area contributed by atoms with Gasteiger partial charge in [-0.3, -0.25) is 4.98 Å². The number of anilines is 1. The lowest BCUT2D eigenvalue weighted by atomic mass is 9.89.